The molecule has 16 heavy (non-hydrogen) atoms. The van der Waals surface area contributed by atoms with Crippen molar-refractivity contribution in [2.75, 3.05) is 24.7 Å². The summed E-state index contributed by atoms with van der Waals surface area (Å²) in [4.78, 5) is 21.6. The molecular weight excluding hydrogens is 232 g/mol. The Kier molecular flexibility index (Phi) is 8.36. The van der Waals surface area contributed by atoms with Crippen LogP contribution in [0.3, 0.4) is 0 Å². The second-order valence-corrected chi connectivity index (χ2v) is 3.99. The van der Waals surface area contributed by atoms with E-state index in [2.05, 4.69) is 17.2 Å². The molecule has 0 bridgehead atoms. The highest BCUT2D eigenvalue weighted by Gasteiger charge is 2.17. The molecule has 0 heterocycles. The Morgan fingerprint density at radius 3 is 2.69 bits per heavy atom. The topological polar surface area (TPSA) is 98.7 Å². The summed E-state index contributed by atoms with van der Waals surface area (Å²) in [6.45, 7) is 3.35. The minimum atomic E-state index is -1.27. The maximum Gasteiger partial charge on any atom is 0.328 e. The smallest absolute Gasteiger partial charge is 0.328 e. The molecule has 6 nitrogen and oxygen atoms in total. The Hall–Kier alpha value is -1.21. The molecule has 0 aliphatic heterocycles. The van der Waals surface area contributed by atoms with Crippen molar-refractivity contribution in [3.63, 3.8) is 0 Å². The maximum absolute atomic E-state index is 11.1. The third kappa shape index (κ3) is 7.13. The van der Waals surface area contributed by atoms with Gasteiger partial charge in [-0.15, -0.1) is 6.58 Å². The van der Waals surface area contributed by atoms with Crippen LogP contribution in [0.25, 0.3) is 0 Å². The van der Waals surface area contributed by atoms with Crippen LogP contribution in [0.1, 0.15) is 0 Å². The highest BCUT2D eigenvalue weighted by molar-refractivity contribution is 7.99. The molecule has 2 amide bonds. The van der Waals surface area contributed by atoms with Gasteiger partial charge in [0.25, 0.3) is 0 Å². The van der Waals surface area contributed by atoms with Crippen molar-refractivity contribution >= 4 is 23.8 Å². The number of thioether (sulfide) groups is 1. The summed E-state index contributed by atoms with van der Waals surface area (Å²) in [7, 11) is 0. The molecule has 4 N–H and O–H groups in total. The molecule has 0 rings (SSSR count). The van der Waals surface area contributed by atoms with E-state index in [9.17, 15) is 9.59 Å². The molecule has 0 aromatic carbocycles. The van der Waals surface area contributed by atoms with E-state index < -0.39 is 24.6 Å². The first-order valence-electron chi connectivity index (χ1n) is 4.68. The molecule has 0 spiro atoms. The Morgan fingerprint density at radius 2 is 2.19 bits per heavy atom. The number of hydrogen-bond donors (Lipinski definition) is 4. The van der Waals surface area contributed by atoms with Gasteiger partial charge < -0.3 is 20.8 Å². The lowest BCUT2D eigenvalue weighted by atomic mass is 10.3. The summed E-state index contributed by atoms with van der Waals surface area (Å²) < 4.78 is 0. The summed E-state index contributed by atoms with van der Waals surface area (Å²) in [5.41, 5.74) is 0. The van der Waals surface area contributed by atoms with Gasteiger partial charge in [0.15, 0.2) is 6.04 Å². The lowest BCUT2D eigenvalue weighted by Crippen LogP contribution is -2.48. The molecule has 0 fully saturated rings. The molecule has 0 unspecified atom stereocenters. The molecule has 7 heteroatoms. The minimum Gasteiger partial charge on any atom is -0.480 e. The molecule has 0 aromatic heterocycles. The van der Waals surface area contributed by atoms with E-state index in [0.717, 1.165) is 11.5 Å². The standard InChI is InChI=1S/C9H16N2O4S/c1-2-4-16-5-3-10-9(15)11-7(6-12)8(13)14/h2,7,12H,1,3-6H2,(H,13,14)(H2,10,11,15)/t7-/m0/s1. The monoisotopic (exact) mass is 248 g/mol. The zero-order chi connectivity index (χ0) is 12.4. The fourth-order valence-electron chi connectivity index (χ4n) is 0.798. The molecule has 1 atom stereocenters. The van der Waals surface area contributed by atoms with Gasteiger partial charge >= 0.3 is 12.0 Å². The average molecular weight is 248 g/mol. The van der Waals surface area contributed by atoms with Crippen molar-refractivity contribution in [1.29, 1.82) is 0 Å². The zero-order valence-electron chi connectivity index (χ0n) is 8.81. The lowest BCUT2D eigenvalue weighted by Gasteiger charge is -2.12. The van der Waals surface area contributed by atoms with Crippen molar-refractivity contribution in [3.05, 3.63) is 12.7 Å². The second kappa shape index (κ2) is 9.05. The van der Waals surface area contributed by atoms with Crippen LogP contribution in [0, 0.1) is 0 Å². The van der Waals surface area contributed by atoms with Crippen LogP contribution in [0.2, 0.25) is 0 Å². The van der Waals surface area contributed by atoms with Gasteiger partial charge in [-0.25, -0.2) is 9.59 Å². The molecule has 0 aliphatic rings. The van der Waals surface area contributed by atoms with Gasteiger partial charge in [0.2, 0.25) is 0 Å². The zero-order valence-corrected chi connectivity index (χ0v) is 9.63. The predicted molar refractivity (Wildman–Crippen MR) is 62.6 cm³/mol. The summed E-state index contributed by atoms with van der Waals surface area (Å²) in [6, 6.07) is -1.86. The first-order chi connectivity index (χ1) is 7.61. The molecule has 0 saturated heterocycles. The number of aliphatic hydroxyl groups excluding tert-OH is 1. The highest BCUT2D eigenvalue weighted by Crippen LogP contribution is 1.96. The van der Waals surface area contributed by atoms with Gasteiger partial charge in [-0.3, -0.25) is 0 Å². The first kappa shape index (κ1) is 14.8. The largest absolute Gasteiger partial charge is 0.480 e. The van der Waals surface area contributed by atoms with E-state index in [1.807, 2.05) is 0 Å². The predicted octanol–water partition coefficient (Wildman–Crippen LogP) is -0.350. The van der Waals surface area contributed by atoms with Crippen molar-refractivity contribution in [1.82, 2.24) is 10.6 Å². The molecule has 0 aliphatic carbocycles. The number of urea groups is 1. The van der Waals surface area contributed by atoms with Gasteiger partial charge in [0, 0.05) is 18.1 Å². The SMILES string of the molecule is C=CCSCCNC(=O)N[C@@H](CO)C(=O)O. The minimum absolute atomic E-state index is 0.433. The summed E-state index contributed by atoms with van der Waals surface area (Å²) >= 11 is 1.60. The van der Waals surface area contributed by atoms with Gasteiger partial charge in [-0.1, -0.05) is 6.08 Å². The molecule has 0 saturated carbocycles. The molecule has 0 aromatic rings. The number of rotatable bonds is 8. The van der Waals surface area contributed by atoms with Gasteiger partial charge in [-0.05, 0) is 0 Å². The quantitative estimate of drug-likeness (QED) is 0.348. The van der Waals surface area contributed by atoms with E-state index in [4.69, 9.17) is 10.2 Å². The Balaban J connectivity index is 3.64. The van der Waals surface area contributed by atoms with Crippen LogP contribution in [0.15, 0.2) is 12.7 Å². The van der Waals surface area contributed by atoms with E-state index in [-0.39, 0.29) is 0 Å². The summed E-state index contributed by atoms with van der Waals surface area (Å²) in [5.74, 6) is 0.257. The molecule has 0 radical (unpaired) electrons. The van der Waals surface area contributed by atoms with E-state index in [1.54, 1.807) is 17.8 Å². The number of carbonyl (C=O) groups is 2. The van der Waals surface area contributed by atoms with Crippen molar-refractivity contribution in [2.45, 2.75) is 6.04 Å². The summed E-state index contributed by atoms with van der Waals surface area (Å²) in [5, 5.41) is 21.8. The number of aliphatic carboxylic acids is 1. The van der Waals surface area contributed by atoms with Gasteiger partial charge in [0.1, 0.15) is 0 Å². The fraction of sp³-hybridized carbons (Fsp3) is 0.556. The lowest BCUT2D eigenvalue weighted by molar-refractivity contribution is -0.140. The molecular formula is C9H16N2O4S. The van der Waals surface area contributed by atoms with Crippen molar-refractivity contribution < 1.29 is 19.8 Å². The van der Waals surface area contributed by atoms with E-state index in [1.165, 1.54) is 0 Å². The first-order valence-corrected chi connectivity index (χ1v) is 5.84. The van der Waals surface area contributed by atoms with E-state index in [0.29, 0.717) is 6.54 Å². The number of carboxylic acid groups (broad SMARTS) is 1. The second-order valence-electron chi connectivity index (χ2n) is 2.84. The average Bonchev–Trinajstić information content (AvgIpc) is 2.25. The van der Waals surface area contributed by atoms with Crippen LogP contribution in [-0.2, 0) is 4.79 Å². The van der Waals surface area contributed by atoms with Gasteiger partial charge in [-0.2, -0.15) is 11.8 Å². The maximum atomic E-state index is 11.1. The Labute approximate surface area is 98.1 Å². The number of nitrogens with one attached hydrogen (secondary N) is 2. The van der Waals surface area contributed by atoms with Gasteiger partial charge in [0.05, 0.1) is 6.61 Å². The van der Waals surface area contributed by atoms with Crippen LogP contribution < -0.4 is 10.6 Å². The Bertz CT molecular complexity index is 248. The number of aliphatic hydroxyl groups is 1. The number of amides is 2. The third-order valence-electron chi connectivity index (χ3n) is 1.55. The van der Waals surface area contributed by atoms with Crippen LogP contribution in [0.4, 0.5) is 4.79 Å². The third-order valence-corrected chi connectivity index (χ3v) is 2.52. The number of carboxylic acids is 1. The normalized spacial score (nSPS) is 11.6. The fourth-order valence-corrected chi connectivity index (χ4v) is 1.38. The number of carbonyl (C=O) groups excluding carboxylic acids is 1. The molecule has 92 valence electrons. The summed E-state index contributed by atoms with van der Waals surface area (Å²) in [6.07, 6.45) is 1.76. The van der Waals surface area contributed by atoms with Crippen LogP contribution in [0.5, 0.6) is 0 Å². The van der Waals surface area contributed by atoms with Crippen molar-refractivity contribution in [2.24, 2.45) is 0 Å². The van der Waals surface area contributed by atoms with Crippen molar-refractivity contribution in [3.8, 4) is 0 Å². The van der Waals surface area contributed by atoms with Crippen LogP contribution in [-0.4, -0.2) is 52.9 Å². The van der Waals surface area contributed by atoms with E-state index >= 15 is 0 Å². The highest BCUT2D eigenvalue weighted by atomic mass is 32.2. The van der Waals surface area contributed by atoms with Crippen LogP contribution >= 0.6 is 11.8 Å². The number of hydrogen-bond acceptors (Lipinski definition) is 4. The Morgan fingerprint density at radius 1 is 1.50 bits per heavy atom.